The molecule has 0 bridgehead atoms. The summed E-state index contributed by atoms with van der Waals surface area (Å²) in [5.74, 6) is 1.35. The highest BCUT2D eigenvalue weighted by molar-refractivity contribution is 7.80. The molecule has 0 aromatic rings. The zero-order chi connectivity index (χ0) is 14.4. The molecule has 1 unspecified atom stereocenters. The van der Waals surface area contributed by atoms with Crippen LogP contribution in [-0.4, -0.2) is 17.4 Å². The predicted molar refractivity (Wildman–Crippen MR) is 83.9 cm³/mol. The topological polar surface area (TPSA) is 55.1 Å². The average Bonchev–Trinajstić information content (AvgIpc) is 2.36. The molecule has 0 aromatic heterocycles. The van der Waals surface area contributed by atoms with Gasteiger partial charge in [-0.2, -0.15) is 0 Å². The molecule has 0 spiro atoms. The van der Waals surface area contributed by atoms with E-state index in [-0.39, 0.29) is 17.7 Å². The molecule has 0 heterocycles. The Labute approximate surface area is 122 Å². The van der Waals surface area contributed by atoms with Gasteiger partial charge >= 0.3 is 0 Å². The number of hydrogen-bond acceptors (Lipinski definition) is 2. The van der Waals surface area contributed by atoms with Gasteiger partial charge in [0.25, 0.3) is 0 Å². The van der Waals surface area contributed by atoms with E-state index < -0.39 is 0 Å². The number of carbonyl (C=O) groups is 1. The van der Waals surface area contributed by atoms with Crippen molar-refractivity contribution in [3.8, 4) is 0 Å². The molecule has 1 amide bonds. The second-order valence-corrected chi connectivity index (χ2v) is 6.64. The number of carbonyl (C=O) groups excluding carboxylic acids is 1. The lowest BCUT2D eigenvalue weighted by atomic mass is 9.81. The van der Waals surface area contributed by atoms with Crippen molar-refractivity contribution in [1.82, 2.24) is 5.32 Å². The van der Waals surface area contributed by atoms with Crippen LogP contribution in [0.3, 0.4) is 0 Å². The van der Waals surface area contributed by atoms with Gasteiger partial charge in [0, 0.05) is 6.54 Å². The first-order valence-electron chi connectivity index (χ1n) is 7.52. The van der Waals surface area contributed by atoms with Crippen LogP contribution in [-0.2, 0) is 4.79 Å². The fraction of sp³-hybridized carbons (Fsp3) is 0.867. The quantitative estimate of drug-likeness (QED) is 0.737. The fourth-order valence-electron chi connectivity index (χ4n) is 2.96. The summed E-state index contributed by atoms with van der Waals surface area (Å²) >= 11 is 4.99. The molecule has 19 heavy (non-hydrogen) atoms. The number of hydrogen-bond donors (Lipinski definition) is 2. The van der Waals surface area contributed by atoms with Crippen molar-refractivity contribution in [2.45, 2.75) is 52.9 Å². The van der Waals surface area contributed by atoms with E-state index in [9.17, 15) is 4.79 Å². The van der Waals surface area contributed by atoms with Gasteiger partial charge in [-0.15, -0.1) is 0 Å². The normalized spacial score (nSPS) is 25.1. The van der Waals surface area contributed by atoms with E-state index >= 15 is 0 Å². The Morgan fingerprint density at radius 3 is 2.21 bits per heavy atom. The minimum Gasteiger partial charge on any atom is -0.393 e. The minimum absolute atomic E-state index is 0.000106. The Bertz CT molecular complexity index is 309. The van der Waals surface area contributed by atoms with Gasteiger partial charge in [0.05, 0.1) is 10.9 Å². The molecule has 1 aliphatic rings. The standard InChI is InChI=1S/C15H28N2OS/c1-4-11-5-7-12(8-6-11)9-17-15(18)13(10(2)3)14(16)19/h10-13H,4-9H2,1-3H3,(H2,16,19)(H,17,18). The molecule has 1 fully saturated rings. The number of amides is 1. The monoisotopic (exact) mass is 284 g/mol. The Morgan fingerprint density at radius 1 is 1.26 bits per heavy atom. The van der Waals surface area contributed by atoms with Crippen molar-refractivity contribution in [2.24, 2.45) is 29.4 Å². The first kappa shape index (κ1) is 16.4. The Hall–Kier alpha value is -0.640. The van der Waals surface area contributed by atoms with Crippen LogP contribution < -0.4 is 11.1 Å². The number of thiocarbonyl (C=S) groups is 1. The molecular weight excluding hydrogens is 256 g/mol. The summed E-state index contributed by atoms with van der Waals surface area (Å²) in [5.41, 5.74) is 5.65. The van der Waals surface area contributed by atoms with E-state index in [1.807, 2.05) is 13.8 Å². The third kappa shape index (κ3) is 5.09. The molecule has 4 heteroatoms. The molecule has 0 saturated heterocycles. The first-order valence-corrected chi connectivity index (χ1v) is 7.93. The fourth-order valence-corrected chi connectivity index (χ4v) is 3.34. The van der Waals surface area contributed by atoms with Crippen LogP contribution in [0.25, 0.3) is 0 Å². The molecule has 110 valence electrons. The lowest BCUT2D eigenvalue weighted by Crippen LogP contribution is -2.42. The lowest BCUT2D eigenvalue weighted by Gasteiger charge is -2.28. The van der Waals surface area contributed by atoms with E-state index in [4.69, 9.17) is 18.0 Å². The molecule has 0 aliphatic heterocycles. The number of nitrogens with one attached hydrogen (secondary N) is 1. The van der Waals surface area contributed by atoms with Crippen LogP contribution in [0.1, 0.15) is 52.9 Å². The zero-order valence-corrected chi connectivity index (χ0v) is 13.3. The summed E-state index contributed by atoms with van der Waals surface area (Å²) in [7, 11) is 0. The van der Waals surface area contributed by atoms with Crippen LogP contribution in [0.15, 0.2) is 0 Å². The van der Waals surface area contributed by atoms with E-state index in [0.29, 0.717) is 10.9 Å². The van der Waals surface area contributed by atoms with Crippen molar-refractivity contribution in [2.75, 3.05) is 6.54 Å². The van der Waals surface area contributed by atoms with E-state index in [0.717, 1.165) is 12.5 Å². The minimum atomic E-state index is -0.331. The van der Waals surface area contributed by atoms with Crippen LogP contribution in [0, 0.1) is 23.7 Å². The third-order valence-corrected chi connectivity index (χ3v) is 4.62. The molecule has 0 aromatic carbocycles. The van der Waals surface area contributed by atoms with Crippen molar-refractivity contribution in [3.63, 3.8) is 0 Å². The first-order chi connectivity index (χ1) is 8.95. The largest absolute Gasteiger partial charge is 0.393 e. The molecule has 3 N–H and O–H groups in total. The molecule has 3 nitrogen and oxygen atoms in total. The van der Waals surface area contributed by atoms with Gasteiger partial charge in [-0.3, -0.25) is 4.79 Å². The van der Waals surface area contributed by atoms with Gasteiger partial charge in [-0.25, -0.2) is 0 Å². The summed E-state index contributed by atoms with van der Waals surface area (Å²) in [6, 6.07) is 0. The maximum atomic E-state index is 12.1. The Kier molecular flexibility index (Phi) is 6.76. The van der Waals surface area contributed by atoms with Crippen LogP contribution in [0.4, 0.5) is 0 Å². The summed E-state index contributed by atoms with van der Waals surface area (Å²) in [6.07, 6.45) is 6.37. The highest BCUT2D eigenvalue weighted by atomic mass is 32.1. The molecule has 1 atom stereocenters. The Balaban J connectivity index is 2.36. The molecule has 0 radical (unpaired) electrons. The van der Waals surface area contributed by atoms with Crippen molar-refractivity contribution in [1.29, 1.82) is 0 Å². The highest BCUT2D eigenvalue weighted by Gasteiger charge is 2.26. The zero-order valence-electron chi connectivity index (χ0n) is 12.4. The van der Waals surface area contributed by atoms with Gasteiger partial charge in [-0.05, 0) is 30.6 Å². The summed E-state index contributed by atoms with van der Waals surface area (Å²) < 4.78 is 0. The maximum Gasteiger partial charge on any atom is 0.230 e. The molecule has 1 rings (SSSR count). The molecule has 1 saturated carbocycles. The predicted octanol–water partition coefficient (Wildman–Crippen LogP) is 2.88. The Morgan fingerprint density at radius 2 is 1.79 bits per heavy atom. The van der Waals surface area contributed by atoms with Gasteiger partial charge in [0.2, 0.25) is 5.91 Å². The smallest absolute Gasteiger partial charge is 0.230 e. The van der Waals surface area contributed by atoms with Crippen LogP contribution in [0.2, 0.25) is 0 Å². The van der Waals surface area contributed by atoms with Gasteiger partial charge in [-0.1, -0.05) is 52.3 Å². The molecular formula is C15H28N2OS. The van der Waals surface area contributed by atoms with Gasteiger partial charge < -0.3 is 11.1 Å². The van der Waals surface area contributed by atoms with Crippen molar-refractivity contribution < 1.29 is 4.79 Å². The number of nitrogens with two attached hydrogens (primary N) is 1. The average molecular weight is 284 g/mol. The van der Waals surface area contributed by atoms with Crippen LogP contribution in [0.5, 0.6) is 0 Å². The van der Waals surface area contributed by atoms with E-state index in [1.165, 1.54) is 32.1 Å². The van der Waals surface area contributed by atoms with Gasteiger partial charge in [0.15, 0.2) is 0 Å². The molecule has 1 aliphatic carbocycles. The third-order valence-electron chi connectivity index (χ3n) is 4.36. The lowest BCUT2D eigenvalue weighted by molar-refractivity contribution is -0.124. The summed E-state index contributed by atoms with van der Waals surface area (Å²) in [4.78, 5) is 12.4. The van der Waals surface area contributed by atoms with Crippen LogP contribution >= 0.6 is 12.2 Å². The summed E-state index contributed by atoms with van der Waals surface area (Å²) in [5, 5.41) is 3.04. The van der Waals surface area contributed by atoms with E-state index in [1.54, 1.807) is 0 Å². The maximum absolute atomic E-state index is 12.1. The second kappa shape index (κ2) is 7.83. The van der Waals surface area contributed by atoms with Gasteiger partial charge in [0.1, 0.15) is 0 Å². The number of rotatable bonds is 6. The van der Waals surface area contributed by atoms with Crippen molar-refractivity contribution in [3.05, 3.63) is 0 Å². The second-order valence-electron chi connectivity index (χ2n) is 6.16. The summed E-state index contributed by atoms with van der Waals surface area (Å²) in [6.45, 7) is 7.01. The van der Waals surface area contributed by atoms with E-state index in [2.05, 4.69) is 12.2 Å². The SMILES string of the molecule is CCC1CCC(CNC(=O)C(C(N)=S)C(C)C)CC1. The highest BCUT2D eigenvalue weighted by Crippen LogP contribution is 2.30. The van der Waals surface area contributed by atoms with Crippen molar-refractivity contribution >= 4 is 23.1 Å².